The molecule has 0 radical (unpaired) electrons. The summed E-state index contributed by atoms with van der Waals surface area (Å²) < 4.78 is 3.94. The molecule has 1 aliphatic rings. The lowest BCUT2D eigenvalue weighted by Crippen LogP contribution is -2.37. The Kier molecular flexibility index (Phi) is 5.46. The van der Waals surface area contributed by atoms with Gasteiger partial charge in [-0.1, -0.05) is 0 Å². The third kappa shape index (κ3) is 3.59. The average Bonchev–Trinajstić information content (AvgIpc) is 3.52. The van der Waals surface area contributed by atoms with Crippen molar-refractivity contribution in [1.82, 2.24) is 29.3 Å². The highest BCUT2D eigenvalue weighted by molar-refractivity contribution is 7.22. The molecule has 1 N–H and O–H groups in total. The summed E-state index contributed by atoms with van der Waals surface area (Å²) in [7, 11) is 1.96. The van der Waals surface area contributed by atoms with Gasteiger partial charge in [-0.3, -0.25) is 4.68 Å². The Morgan fingerprint density at radius 3 is 2.78 bits per heavy atom. The van der Waals surface area contributed by atoms with Gasteiger partial charge < -0.3 is 14.6 Å². The lowest BCUT2D eigenvalue weighted by Gasteiger charge is -2.33. The molecule has 0 aromatic carbocycles. The molecular formula is C23H29N7OS. The van der Waals surface area contributed by atoms with E-state index >= 15 is 0 Å². The van der Waals surface area contributed by atoms with Crippen molar-refractivity contribution in [1.29, 1.82) is 0 Å². The first-order valence-corrected chi connectivity index (χ1v) is 12.0. The molecule has 5 rings (SSSR count). The molecule has 1 atom stereocenters. The molecule has 0 saturated carbocycles. The van der Waals surface area contributed by atoms with Crippen LogP contribution in [-0.4, -0.2) is 54.1 Å². The van der Waals surface area contributed by atoms with Gasteiger partial charge in [-0.2, -0.15) is 5.10 Å². The SMILES string of the molecule is Cc1c(-c2ccn(C(C)C)n2)sc2nc(-c3nccn3C)nc(N3CCC[C@H](CO)C3)c12. The van der Waals surface area contributed by atoms with Gasteiger partial charge in [0.25, 0.3) is 0 Å². The van der Waals surface area contributed by atoms with Gasteiger partial charge in [0.2, 0.25) is 0 Å². The third-order valence-corrected chi connectivity index (χ3v) is 7.45. The van der Waals surface area contributed by atoms with Crippen LogP contribution in [0.1, 0.15) is 38.3 Å². The maximum absolute atomic E-state index is 9.78. The minimum absolute atomic E-state index is 0.206. The second-order valence-electron chi connectivity index (χ2n) is 8.88. The van der Waals surface area contributed by atoms with Crippen LogP contribution in [-0.2, 0) is 7.05 Å². The van der Waals surface area contributed by atoms with Crippen LogP contribution in [0.15, 0.2) is 24.7 Å². The molecular weight excluding hydrogens is 422 g/mol. The van der Waals surface area contributed by atoms with Crippen molar-refractivity contribution in [3.63, 3.8) is 0 Å². The fourth-order valence-corrected chi connectivity index (χ4v) is 5.57. The summed E-state index contributed by atoms with van der Waals surface area (Å²) in [6, 6.07) is 2.39. The first-order valence-electron chi connectivity index (χ1n) is 11.2. The van der Waals surface area contributed by atoms with Crippen molar-refractivity contribution < 1.29 is 5.11 Å². The van der Waals surface area contributed by atoms with Crippen molar-refractivity contribution in [2.45, 2.75) is 39.7 Å². The van der Waals surface area contributed by atoms with Crippen LogP contribution >= 0.6 is 11.3 Å². The monoisotopic (exact) mass is 451 g/mol. The zero-order valence-electron chi connectivity index (χ0n) is 19.0. The highest BCUT2D eigenvalue weighted by atomic mass is 32.1. The van der Waals surface area contributed by atoms with Crippen LogP contribution in [0.2, 0.25) is 0 Å². The fourth-order valence-electron chi connectivity index (χ4n) is 4.43. The van der Waals surface area contributed by atoms with E-state index in [1.165, 1.54) is 0 Å². The number of aromatic nitrogens is 6. The summed E-state index contributed by atoms with van der Waals surface area (Å²) in [6.07, 6.45) is 7.81. The Bertz CT molecular complexity index is 1250. The summed E-state index contributed by atoms with van der Waals surface area (Å²) in [5.41, 5.74) is 2.13. The van der Waals surface area contributed by atoms with Crippen molar-refractivity contribution in [2.75, 3.05) is 24.6 Å². The number of thiophene rings is 1. The Hall–Kier alpha value is -2.78. The molecule has 4 aromatic heterocycles. The largest absolute Gasteiger partial charge is 0.396 e. The van der Waals surface area contributed by atoms with Gasteiger partial charge in [0.15, 0.2) is 11.6 Å². The average molecular weight is 452 g/mol. The second kappa shape index (κ2) is 8.29. The van der Waals surface area contributed by atoms with E-state index in [1.807, 2.05) is 28.7 Å². The minimum Gasteiger partial charge on any atom is -0.396 e. The van der Waals surface area contributed by atoms with Crippen molar-refractivity contribution in [2.24, 2.45) is 13.0 Å². The first kappa shape index (κ1) is 21.1. The number of aliphatic hydroxyl groups is 1. The van der Waals surface area contributed by atoms with Gasteiger partial charge in [-0.15, -0.1) is 11.3 Å². The molecule has 8 nitrogen and oxygen atoms in total. The number of piperidine rings is 1. The van der Waals surface area contributed by atoms with E-state index in [4.69, 9.17) is 15.1 Å². The van der Waals surface area contributed by atoms with E-state index in [2.05, 4.69) is 36.7 Å². The Balaban J connectivity index is 1.70. The van der Waals surface area contributed by atoms with Crippen LogP contribution < -0.4 is 4.90 Å². The Labute approximate surface area is 191 Å². The van der Waals surface area contributed by atoms with Gasteiger partial charge >= 0.3 is 0 Å². The van der Waals surface area contributed by atoms with Crippen molar-refractivity contribution in [3.05, 3.63) is 30.2 Å². The predicted octanol–water partition coefficient (Wildman–Crippen LogP) is 4.05. The maximum atomic E-state index is 9.78. The summed E-state index contributed by atoms with van der Waals surface area (Å²) >= 11 is 1.66. The number of hydrogen-bond donors (Lipinski definition) is 1. The number of aliphatic hydroxyl groups excluding tert-OH is 1. The summed E-state index contributed by atoms with van der Waals surface area (Å²) in [6.45, 7) is 8.33. The fraction of sp³-hybridized carbons (Fsp3) is 0.478. The molecule has 9 heteroatoms. The number of nitrogens with zero attached hydrogens (tertiary/aromatic N) is 7. The number of rotatable bonds is 5. The van der Waals surface area contributed by atoms with Crippen LogP contribution in [0.25, 0.3) is 32.4 Å². The van der Waals surface area contributed by atoms with Crippen LogP contribution in [0, 0.1) is 12.8 Å². The molecule has 1 aliphatic heterocycles. The zero-order chi connectivity index (χ0) is 22.4. The lowest BCUT2D eigenvalue weighted by molar-refractivity contribution is 0.208. The van der Waals surface area contributed by atoms with Gasteiger partial charge in [-0.05, 0) is 51.2 Å². The summed E-state index contributed by atoms with van der Waals surface area (Å²) in [4.78, 5) is 18.8. The molecule has 0 aliphatic carbocycles. The third-order valence-electron chi connectivity index (χ3n) is 6.24. The molecule has 0 bridgehead atoms. The Morgan fingerprint density at radius 2 is 2.09 bits per heavy atom. The molecule has 0 spiro atoms. The van der Waals surface area contributed by atoms with Crippen molar-refractivity contribution >= 4 is 27.4 Å². The van der Waals surface area contributed by atoms with Gasteiger partial charge in [0, 0.05) is 51.4 Å². The van der Waals surface area contributed by atoms with Crippen molar-refractivity contribution in [3.8, 4) is 22.2 Å². The number of aryl methyl sites for hydroxylation is 2. The molecule has 1 fully saturated rings. The van der Waals surface area contributed by atoms with Gasteiger partial charge in [0.05, 0.1) is 10.3 Å². The lowest BCUT2D eigenvalue weighted by atomic mass is 9.98. The topological polar surface area (TPSA) is 84.9 Å². The second-order valence-corrected chi connectivity index (χ2v) is 9.88. The predicted molar refractivity (Wildman–Crippen MR) is 128 cm³/mol. The number of anilines is 1. The van der Waals surface area contributed by atoms with Crippen LogP contribution in [0.4, 0.5) is 5.82 Å². The molecule has 0 unspecified atom stereocenters. The molecule has 168 valence electrons. The zero-order valence-corrected chi connectivity index (χ0v) is 19.8. The smallest absolute Gasteiger partial charge is 0.199 e. The van der Waals surface area contributed by atoms with Gasteiger partial charge in [0.1, 0.15) is 16.3 Å². The Morgan fingerprint density at radius 1 is 1.25 bits per heavy atom. The standard InChI is InChI=1S/C23H29N7OS/c1-14(2)30-10-7-17(27-30)19-15(3)18-21(29-9-5-6-16(12-29)13-31)25-20(26-23(18)32-19)22-24-8-11-28(22)4/h7-8,10-11,14,16,31H,5-6,9,12-13H2,1-4H3/t16-/m0/s1. The van der Waals surface area contributed by atoms with Crippen LogP contribution in [0.5, 0.6) is 0 Å². The first-order chi connectivity index (χ1) is 15.5. The summed E-state index contributed by atoms with van der Waals surface area (Å²) in [5.74, 6) is 2.59. The van der Waals surface area contributed by atoms with E-state index in [0.29, 0.717) is 11.9 Å². The maximum Gasteiger partial charge on any atom is 0.199 e. The highest BCUT2D eigenvalue weighted by Gasteiger charge is 2.27. The number of fused-ring (bicyclic) bond motifs is 1. The quantitative estimate of drug-likeness (QED) is 0.493. The minimum atomic E-state index is 0.206. The molecule has 0 amide bonds. The molecule has 4 aromatic rings. The van der Waals surface area contributed by atoms with Gasteiger partial charge in [-0.25, -0.2) is 15.0 Å². The van der Waals surface area contributed by atoms with E-state index in [9.17, 15) is 5.11 Å². The molecule has 1 saturated heterocycles. The van der Waals surface area contributed by atoms with E-state index in [-0.39, 0.29) is 12.5 Å². The van der Waals surface area contributed by atoms with Crippen LogP contribution in [0.3, 0.4) is 0 Å². The van der Waals surface area contributed by atoms with E-state index in [0.717, 1.165) is 63.9 Å². The molecule has 5 heterocycles. The van der Waals surface area contributed by atoms with E-state index in [1.54, 1.807) is 17.5 Å². The highest BCUT2D eigenvalue weighted by Crippen LogP contribution is 2.42. The number of imidazole rings is 1. The number of hydrogen-bond acceptors (Lipinski definition) is 7. The summed E-state index contributed by atoms with van der Waals surface area (Å²) in [5, 5.41) is 15.7. The van der Waals surface area contributed by atoms with E-state index < -0.39 is 0 Å². The molecule has 32 heavy (non-hydrogen) atoms. The normalized spacial score (nSPS) is 17.1.